The van der Waals surface area contributed by atoms with Gasteiger partial charge in [-0.1, -0.05) is 17.7 Å². The quantitative estimate of drug-likeness (QED) is 0.653. The van der Waals surface area contributed by atoms with E-state index in [9.17, 15) is 14.4 Å². The third kappa shape index (κ3) is 4.31. The average molecular weight is 444 g/mol. The Labute approximate surface area is 184 Å². The highest BCUT2D eigenvalue weighted by molar-refractivity contribution is 6.30. The van der Waals surface area contributed by atoms with Crippen LogP contribution in [-0.4, -0.2) is 63.3 Å². The molecule has 1 N–H and O–H groups in total. The van der Waals surface area contributed by atoms with Crippen LogP contribution in [0.1, 0.15) is 18.5 Å². The van der Waals surface area contributed by atoms with Crippen LogP contribution in [-0.2, 0) is 11.3 Å². The minimum atomic E-state index is -0.269. The Kier molecular flexibility index (Phi) is 6.02. The molecule has 164 valence electrons. The Bertz CT molecular complexity index is 1230. The Hall–Kier alpha value is -2.84. The van der Waals surface area contributed by atoms with Gasteiger partial charge in [-0.2, -0.15) is 0 Å². The molecule has 8 nitrogen and oxygen atoms in total. The molecule has 0 bridgehead atoms. The molecule has 0 spiro atoms. The second-order valence-corrected chi connectivity index (χ2v) is 8.46. The molecule has 3 heterocycles. The van der Waals surface area contributed by atoms with Crippen LogP contribution < -0.4 is 11.1 Å². The lowest BCUT2D eigenvalue weighted by Gasteiger charge is -2.32. The average Bonchev–Trinajstić information content (AvgIpc) is 3.07. The molecule has 2 aromatic heterocycles. The molecule has 0 radical (unpaired) electrons. The Morgan fingerprint density at radius 3 is 2.58 bits per heavy atom. The summed E-state index contributed by atoms with van der Waals surface area (Å²) in [5, 5.41) is 3.80. The summed E-state index contributed by atoms with van der Waals surface area (Å²) in [4.78, 5) is 42.1. The second kappa shape index (κ2) is 8.72. The summed E-state index contributed by atoms with van der Waals surface area (Å²) in [7, 11) is 2.05. The van der Waals surface area contributed by atoms with Gasteiger partial charge in [-0.25, -0.2) is 0 Å². The number of hydrogen-bond acceptors (Lipinski definition) is 4. The van der Waals surface area contributed by atoms with Gasteiger partial charge >= 0.3 is 0 Å². The molecule has 1 aliphatic heterocycles. The number of pyridine rings is 1. The summed E-state index contributed by atoms with van der Waals surface area (Å²) in [6.45, 7) is 5.41. The van der Waals surface area contributed by atoms with E-state index < -0.39 is 0 Å². The van der Waals surface area contributed by atoms with Crippen molar-refractivity contribution in [2.24, 2.45) is 0 Å². The van der Waals surface area contributed by atoms with E-state index in [1.807, 2.05) is 11.0 Å². The summed E-state index contributed by atoms with van der Waals surface area (Å²) in [6.07, 6.45) is 0.928. The molecule has 0 atom stereocenters. The molecule has 0 unspecified atom stereocenters. The van der Waals surface area contributed by atoms with E-state index in [1.54, 1.807) is 34.4 Å². The fraction of sp³-hybridized carbons (Fsp3) is 0.409. The molecule has 1 amide bonds. The highest BCUT2D eigenvalue weighted by Gasteiger charge is 2.19. The summed E-state index contributed by atoms with van der Waals surface area (Å²) < 4.78 is 3.16. The summed E-state index contributed by atoms with van der Waals surface area (Å²) in [5.41, 5.74) is 1.31. The van der Waals surface area contributed by atoms with Crippen molar-refractivity contribution in [2.75, 3.05) is 33.2 Å². The number of fused-ring (bicyclic) bond motifs is 1. The maximum absolute atomic E-state index is 12.8. The number of aromatic nitrogens is 3. The molecule has 1 aromatic carbocycles. The Morgan fingerprint density at radius 2 is 1.87 bits per heavy atom. The summed E-state index contributed by atoms with van der Waals surface area (Å²) in [6, 6.07) is 8.53. The number of carbonyl (C=O) groups is 1. The first-order valence-electron chi connectivity index (χ1n) is 10.4. The zero-order valence-corrected chi connectivity index (χ0v) is 18.5. The minimum absolute atomic E-state index is 0.116. The summed E-state index contributed by atoms with van der Waals surface area (Å²) >= 11 is 6.08. The fourth-order valence-electron chi connectivity index (χ4n) is 4.13. The largest absolute Gasteiger partial charge is 0.340 e. The zero-order valence-electron chi connectivity index (χ0n) is 17.7. The highest BCUT2D eigenvalue weighted by atomic mass is 35.5. The van der Waals surface area contributed by atoms with Crippen LogP contribution in [0.3, 0.4) is 0 Å². The number of aromatic amines is 1. The van der Waals surface area contributed by atoms with Gasteiger partial charge < -0.3 is 14.4 Å². The van der Waals surface area contributed by atoms with Crippen LogP contribution in [0.5, 0.6) is 0 Å². The number of rotatable bonds is 5. The molecule has 31 heavy (non-hydrogen) atoms. The number of carbonyl (C=O) groups excluding carboxylic acids is 1. The highest BCUT2D eigenvalue weighted by Crippen LogP contribution is 2.20. The molecular weight excluding hydrogens is 418 g/mol. The number of H-pyrrole nitrogens is 1. The van der Waals surface area contributed by atoms with Crippen molar-refractivity contribution in [1.82, 2.24) is 24.1 Å². The fourth-order valence-corrected chi connectivity index (χ4v) is 4.31. The van der Waals surface area contributed by atoms with Gasteiger partial charge in [-0.3, -0.25) is 24.2 Å². The lowest BCUT2D eigenvalue weighted by molar-refractivity contribution is -0.132. The first-order valence-corrected chi connectivity index (χ1v) is 10.8. The zero-order chi connectivity index (χ0) is 22.1. The number of aryl methyl sites for hydroxylation is 1. The van der Waals surface area contributed by atoms with Gasteiger partial charge in [-0.05, 0) is 38.6 Å². The lowest BCUT2D eigenvalue weighted by atomic mass is 10.2. The van der Waals surface area contributed by atoms with E-state index in [0.717, 1.165) is 26.2 Å². The van der Waals surface area contributed by atoms with Gasteiger partial charge in [0.2, 0.25) is 5.91 Å². The van der Waals surface area contributed by atoms with Crippen molar-refractivity contribution < 1.29 is 4.79 Å². The number of hydrogen-bond donors (Lipinski definition) is 1. The van der Waals surface area contributed by atoms with Gasteiger partial charge in [-0.15, -0.1) is 0 Å². The Morgan fingerprint density at radius 1 is 1.13 bits per heavy atom. The first kappa shape index (κ1) is 21.4. The monoisotopic (exact) mass is 443 g/mol. The minimum Gasteiger partial charge on any atom is -0.340 e. The van der Waals surface area contributed by atoms with E-state index in [4.69, 9.17) is 11.6 Å². The molecule has 1 saturated heterocycles. The second-order valence-electron chi connectivity index (χ2n) is 8.02. The molecular formula is C22H26ClN5O3. The number of nitrogens with one attached hydrogen (secondary N) is 1. The number of amides is 1. The predicted molar refractivity (Wildman–Crippen MR) is 121 cm³/mol. The van der Waals surface area contributed by atoms with E-state index in [-0.39, 0.29) is 17.0 Å². The predicted octanol–water partition coefficient (Wildman–Crippen LogP) is 2.00. The molecule has 3 aromatic rings. The maximum atomic E-state index is 12.8. The molecule has 1 aliphatic rings. The van der Waals surface area contributed by atoms with Crippen LogP contribution in [0.2, 0.25) is 5.02 Å². The van der Waals surface area contributed by atoms with Crippen molar-refractivity contribution >= 4 is 28.4 Å². The van der Waals surface area contributed by atoms with Crippen LogP contribution >= 0.6 is 11.6 Å². The number of likely N-dealkylation sites (N-methyl/N-ethyl adjacent to an activating group) is 1. The van der Waals surface area contributed by atoms with Crippen LogP contribution in [0.15, 0.2) is 39.9 Å². The molecule has 4 rings (SSSR count). The van der Waals surface area contributed by atoms with Crippen LogP contribution in [0.4, 0.5) is 0 Å². The van der Waals surface area contributed by atoms with E-state index in [0.29, 0.717) is 46.7 Å². The van der Waals surface area contributed by atoms with Crippen LogP contribution in [0, 0.1) is 6.92 Å². The Balaban J connectivity index is 1.56. The molecule has 1 fully saturated rings. The number of halogens is 1. The molecule has 0 saturated carbocycles. The van der Waals surface area contributed by atoms with Gasteiger partial charge in [0, 0.05) is 55.9 Å². The third-order valence-electron chi connectivity index (χ3n) is 5.93. The van der Waals surface area contributed by atoms with Crippen LogP contribution in [0.25, 0.3) is 16.6 Å². The smallest absolute Gasteiger partial charge is 0.274 e. The number of piperazine rings is 1. The number of benzene rings is 1. The molecule has 9 heteroatoms. The topological polar surface area (TPSA) is 83.3 Å². The molecule has 0 aliphatic carbocycles. The van der Waals surface area contributed by atoms with Gasteiger partial charge in [0.15, 0.2) is 0 Å². The maximum Gasteiger partial charge on any atom is 0.274 e. The van der Waals surface area contributed by atoms with Crippen molar-refractivity contribution in [3.63, 3.8) is 0 Å². The SMILES string of the molecule is Cc1c2c(=O)[nH]n(-c3cccc(Cl)c3)c2cc(=O)n1CCCC(=O)N1CCN(C)CC1. The van der Waals surface area contributed by atoms with Gasteiger partial charge in [0.1, 0.15) is 0 Å². The van der Waals surface area contributed by atoms with Gasteiger partial charge in [0.05, 0.1) is 16.6 Å². The van der Waals surface area contributed by atoms with Crippen molar-refractivity contribution in [3.05, 3.63) is 61.8 Å². The number of nitrogens with zero attached hydrogens (tertiary/aromatic N) is 4. The van der Waals surface area contributed by atoms with Crippen molar-refractivity contribution in [1.29, 1.82) is 0 Å². The first-order chi connectivity index (χ1) is 14.8. The van der Waals surface area contributed by atoms with E-state index in [1.165, 1.54) is 6.07 Å². The lowest BCUT2D eigenvalue weighted by Crippen LogP contribution is -2.47. The van der Waals surface area contributed by atoms with Gasteiger partial charge in [0.25, 0.3) is 11.1 Å². The van der Waals surface area contributed by atoms with Crippen molar-refractivity contribution in [2.45, 2.75) is 26.3 Å². The normalized spacial score (nSPS) is 15.0. The summed E-state index contributed by atoms with van der Waals surface area (Å²) in [5.74, 6) is 0.116. The van der Waals surface area contributed by atoms with E-state index >= 15 is 0 Å². The van der Waals surface area contributed by atoms with Crippen molar-refractivity contribution in [3.8, 4) is 5.69 Å². The third-order valence-corrected chi connectivity index (χ3v) is 6.16. The standard InChI is InChI=1S/C22H26ClN5O3/c1-15-21-18(28(24-22(21)31)17-6-3-5-16(23)13-17)14-20(30)27(15)8-4-7-19(29)26-11-9-25(2)10-12-26/h3,5-6,13-14H,4,7-12H2,1-2H3,(H,24,31). The van der Waals surface area contributed by atoms with E-state index in [2.05, 4.69) is 17.0 Å².